The van der Waals surface area contributed by atoms with Gasteiger partial charge in [0, 0.05) is 0 Å². The number of hydrogen-bond acceptors (Lipinski definition) is 3. The Labute approximate surface area is 74.9 Å². The van der Waals surface area contributed by atoms with E-state index in [2.05, 4.69) is 6.58 Å². The van der Waals surface area contributed by atoms with Crippen LogP contribution in [0.4, 0.5) is 0 Å². The van der Waals surface area contributed by atoms with Crippen molar-refractivity contribution in [3.63, 3.8) is 0 Å². The Bertz CT molecular complexity index is 272. The van der Waals surface area contributed by atoms with Crippen LogP contribution in [-0.4, -0.2) is 28.9 Å². The number of nitrogens with two attached hydrogens (primary N) is 1. The third-order valence-electron chi connectivity index (χ3n) is 1.23. The van der Waals surface area contributed by atoms with Crippen LogP contribution in [0.3, 0.4) is 0 Å². The zero-order valence-electron chi connectivity index (χ0n) is 7.13. The topological polar surface area (TPSA) is 116 Å². The largest absolute Gasteiger partial charge is 0.479 e. The van der Waals surface area contributed by atoms with Crippen molar-refractivity contribution in [2.24, 2.45) is 5.73 Å². The Kier molecular flexibility index (Phi) is 3.64. The summed E-state index contributed by atoms with van der Waals surface area (Å²) in [6.07, 6.45) is 0. The Morgan fingerprint density at radius 1 is 1.62 bits per heavy atom. The van der Waals surface area contributed by atoms with E-state index in [1.54, 1.807) is 0 Å². The lowest BCUT2D eigenvalue weighted by molar-refractivity contribution is -0.142. The summed E-state index contributed by atoms with van der Waals surface area (Å²) in [5, 5.41) is 17.4. The van der Waals surface area contributed by atoms with Gasteiger partial charge in [-0.25, -0.2) is 4.79 Å². The third kappa shape index (κ3) is 3.37. The van der Waals surface area contributed by atoms with Gasteiger partial charge in [0.2, 0.25) is 0 Å². The van der Waals surface area contributed by atoms with Gasteiger partial charge in [0.1, 0.15) is 0 Å². The minimum absolute atomic E-state index is 0.0983. The Morgan fingerprint density at radius 2 is 2.08 bits per heavy atom. The second-order valence-electron chi connectivity index (χ2n) is 2.47. The first-order valence-corrected chi connectivity index (χ1v) is 3.39. The summed E-state index contributed by atoms with van der Waals surface area (Å²) < 4.78 is 0. The van der Waals surface area contributed by atoms with Crippen molar-refractivity contribution in [3.05, 3.63) is 12.2 Å². The summed E-state index contributed by atoms with van der Waals surface area (Å²) in [7, 11) is 0. The zero-order chi connectivity index (χ0) is 10.6. The minimum Gasteiger partial charge on any atom is -0.479 e. The molecule has 0 aromatic carbocycles. The molecule has 72 valence electrons. The van der Waals surface area contributed by atoms with Crippen molar-refractivity contribution in [1.29, 1.82) is 5.41 Å². The molecule has 0 bridgehead atoms. The Hall–Kier alpha value is -1.85. The van der Waals surface area contributed by atoms with Gasteiger partial charge >= 0.3 is 5.97 Å². The number of rotatable bonds is 4. The Balaban J connectivity index is 4.61. The lowest BCUT2D eigenvalue weighted by Crippen LogP contribution is -2.49. The molecule has 0 amide bonds. The maximum Gasteiger partial charge on any atom is 0.334 e. The average Bonchev–Trinajstić information content (AvgIpc) is 1.97. The molecular weight excluding hydrogens is 174 g/mol. The number of carbonyl (C=O) groups excluding carboxylic acids is 1. The molecule has 0 saturated heterocycles. The second kappa shape index (κ2) is 4.24. The van der Waals surface area contributed by atoms with Gasteiger partial charge in [-0.2, -0.15) is 0 Å². The molecule has 0 saturated carbocycles. The van der Waals surface area contributed by atoms with E-state index in [9.17, 15) is 9.59 Å². The number of ketones is 1. The molecule has 6 heteroatoms. The smallest absolute Gasteiger partial charge is 0.334 e. The van der Waals surface area contributed by atoms with Gasteiger partial charge < -0.3 is 16.2 Å². The van der Waals surface area contributed by atoms with Crippen molar-refractivity contribution < 1.29 is 14.7 Å². The van der Waals surface area contributed by atoms with E-state index in [1.165, 1.54) is 6.92 Å². The first-order valence-electron chi connectivity index (χ1n) is 3.39. The number of nitrogens with one attached hydrogen (secondary N) is 2. The number of hydrogen-bond donors (Lipinski definition) is 4. The molecule has 13 heavy (non-hydrogen) atoms. The second-order valence-corrected chi connectivity index (χ2v) is 2.47. The molecule has 0 aliphatic carbocycles. The molecule has 0 spiro atoms. The molecule has 1 unspecified atom stereocenters. The summed E-state index contributed by atoms with van der Waals surface area (Å²) in [5.74, 6) is -2.65. The van der Waals surface area contributed by atoms with E-state index in [0.717, 1.165) is 0 Å². The molecule has 0 fully saturated rings. The molecule has 0 radical (unpaired) electrons. The van der Waals surface area contributed by atoms with E-state index in [1.807, 2.05) is 5.32 Å². The molecule has 5 N–H and O–H groups in total. The van der Waals surface area contributed by atoms with Crippen LogP contribution in [-0.2, 0) is 9.59 Å². The highest BCUT2D eigenvalue weighted by Crippen LogP contribution is 1.96. The molecule has 1 atom stereocenters. The molecule has 0 aromatic rings. The highest BCUT2D eigenvalue weighted by molar-refractivity contribution is 6.12. The van der Waals surface area contributed by atoms with Gasteiger partial charge in [-0.15, -0.1) is 0 Å². The maximum absolute atomic E-state index is 11.1. The van der Waals surface area contributed by atoms with Gasteiger partial charge in [-0.05, 0) is 12.5 Å². The standard InChI is InChI=1S/C7H11N3O3/c1-3(2)5(11)4(6(12)13)10-7(8)9/h4H,1H2,2H3,(H,12,13)(H4,8,9,10). The quantitative estimate of drug-likeness (QED) is 0.195. The monoisotopic (exact) mass is 185 g/mol. The molecule has 0 aliphatic rings. The van der Waals surface area contributed by atoms with E-state index >= 15 is 0 Å². The fourth-order valence-electron chi connectivity index (χ4n) is 0.641. The molecular formula is C7H11N3O3. The third-order valence-corrected chi connectivity index (χ3v) is 1.23. The van der Waals surface area contributed by atoms with Crippen molar-refractivity contribution >= 4 is 17.7 Å². The highest BCUT2D eigenvalue weighted by atomic mass is 16.4. The number of aliphatic carboxylic acids is 1. The molecule has 0 aromatic heterocycles. The van der Waals surface area contributed by atoms with Crippen LogP contribution in [0.25, 0.3) is 0 Å². The summed E-state index contributed by atoms with van der Waals surface area (Å²) >= 11 is 0. The minimum atomic E-state index is -1.52. The normalized spacial score (nSPS) is 11.5. The fourth-order valence-corrected chi connectivity index (χ4v) is 0.641. The van der Waals surface area contributed by atoms with Crippen molar-refractivity contribution in [3.8, 4) is 0 Å². The maximum atomic E-state index is 11.1. The number of carboxylic acids is 1. The SMILES string of the molecule is C=C(C)C(=O)C(NC(=N)N)C(=O)O. The zero-order valence-corrected chi connectivity index (χ0v) is 7.13. The van der Waals surface area contributed by atoms with Crippen molar-refractivity contribution in [2.45, 2.75) is 13.0 Å². The van der Waals surface area contributed by atoms with Crippen LogP contribution in [0, 0.1) is 5.41 Å². The summed E-state index contributed by atoms with van der Waals surface area (Å²) in [6, 6.07) is -1.52. The van der Waals surface area contributed by atoms with Crippen LogP contribution in [0.1, 0.15) is 6.92 Å². The van der Waals surface area contributed by atoms with Crippen LogP contribution in [0.15, 0.2) is 12.2 Å². The fraction of sp³-hybridized carbons (Fsp3) is 0.286. The molecule has 0 rings (SSSR count). The van der Waals surface area contributed by atoms with Gasteiger partial charge in [0.05, 0.1) is 0 Å². The summed E-state index contributed by atoms with van der Waals surface area (Å²) in [4.78, 5) is 21.6. The predicted molar refractivity (Wildman–Crippen MR) is 46.3 cm³/mol. The molecule has 6 nitrogen and oxygen atoms in total. The van der Waals surface area contributed by atoms with E-state index in [-0.39, 0.29) is 5.57 Å². The molecule has 0 heterocycles. The number of carbonyl (C=O) groups is 2. The van der Waals surface area contributed by atoms with Gasteiger partial charge in [0.25, 0.3) is 0 Å². The van der Waals surface area contributed by atoms with Crippen molar-refractivity contribution in [1.82, 2.24) is 5.32 Å². The average molecular weight is 185 g/mol. The number of carboxylic acid groups (broad SMARTS) is 1. The van der Waals surface area contributed by atoms with Crippen LogP contribution in [0.2, 0.25) is 0 Å². The lowest BCUT2D eigenvalue weighted by atomic mass is 10.1. The lowest BCUT2D eigenvalue weighted by Gasteiger charge is -2.12. The van der Waals surface area contributed by atoms with Gasteiger partial charge in [-0.1, -0.05) is 6.58 Å². The van der Waals surface area contributed by atoms with Crippen LogP contribution in [0.5, 0.6) is 0 Å². The Morgan fingerprint density at radius 3 is 2.31 bits per heavy atom. The summed E-state index contributed by atoms with van der Waals surface area (Å²) in [6.45, 7) is 4.69. The summed E-state index contributed by atoms with van der Waals surface area (Å²) in [5.41, 5.74) is 4.99. The predicted octanol–water partition coefficient (Wildman–Crippen LogP) is -0.932. The van der Waals surface area contributed by atoms with E-state index in [0.29, 0.717) is 0 Å². The van der Waals surface area contributed by atoms with E-state index < -0.39 is 23.8 Å². The van der Waals surface area contributed by atoms with E-state index in [4.69, 9.17) is 16.2 Å². The van der Waals surface area contributed by atoms with Crippen LogP contribution >= 0.6 is 0 Å². The van der Waals surface area contributed by atoms with Gasteiger partial charge in [-0.3, -0.25) is 10.2 Å². The molecule has 0 aliphatic heterocycles. The number of guanidine groups is 1. The number of Topliss-reactive ketones (excluding diaryl/α,β-unsaturated/α-hetero) is 1. The van der Waals surface area contributed by atoms with Crippen LogP contribution < -0.4 is 11.1 Å². The first kappa shape index (κ1) is 11.2. The highest BCUT2D eigenvalue weighted by Gasteiger charge is 2.26. The van der Waals surface area contributed by atoms with Crippen molar-refractivity contribution in [2.75, 3.05) is 0 Å². The first-order chi connectivity index (χ1) is 5.86. The van der Waals surface area contributed by atoms with Gasteiger partial charge in [0.15, 0.2) is 17.8 Å².